The summed E-state index contributed by atoms with van der Waals surface area (Å²) in [6.45, 7) is 8.40. The van der Waals surface area contributed by atoms with Gasteiger partial charge in [0.15, 0.2) is 0 Å². The van der Waals surface area contributed by atoms with Crippen molar-refractivity contribution in [2.45, 2.75) is 52.5 Å². The van der Waals surface area contributed by atoms with E-state index in [1.165, 1.54) is 18.4 Å². The molecule has 2 heteroatoms. The standard InChI is InChI=1S/C16H27NO/c1-4-7-8-12-18-15-11-9-10-14(13-15)16(5-2)17-6-3/h9-11,13,16-17H,4-8,12H2,1-3H3. The van der Waals surface area contributed by atoms with Crippen LogP contribution in [0.15, 0.2) is 24.3 Å². The normalized spacial score (nSPS) is 12.4. The maximum atomic E-state index is 5.79. The van der Waals surface area contributed by atoms with E-state index >= 15 is 0 Å². The Morgan fingerprint density at radius 2 is 2.00 bits per heavy atom. The fourth-order valence-electron chi connectivity index (χ4n) is 2.11. The highest BCUT2D eigenvalue weighted by Gasteiger charge is 2.08. The van der Waals surface area contributed by atoms with E-state index in [0.717, 1.165) is 31.7 Å². The summed E-state index contributed by atoms with van der Waals surface area (Å²) in [5, 5.41) is 3.50. The zero-order chi connectivity index (χ0) is 13.2. The molecular formula is C16H27NO. The molecule has 0 aliphatic heterocycles. The van der Waals surface area contributed by atoms with E-state index in [-0.39, 0.29) is 0 Å². The molecule has 1 atom stereocenters. The van der Waals surface area contributed by atoms with Gasteiger partial charge in [0.05, 0.1) is 6.61 Å². The minimum Gasteiger partial charge on any atom is -0.494 e. The molecule has 1 unspecified atom stereocenters. The summed E-state index contributed by atoms with van der Waals surface area (Å²) >= 11 is 0. The highest BCUT2D eigenvalue weighted by Crippen LogP contribution is 2.21. The molecule has 0 saturated heterocycles. The molecule has 0 aliphatic rings. The topological polar surface area (TPSA) is 21.3 Å². The Bertz CT molecular complexity index is 325. The van der Waals surface area contributed by atoms with Crippen molar-refractivity contribution in [2.24, 2.45) is 0 Å². The third kappa shape index (κ3) is 5.09. The van der Waals surface area contributed by atoms with E-state index in [4.69, 9.17) is 4.74 Å². The summed E-state index contributed by atoms with van der Waals surface area (Å²) in [7, 11) is 0. The van der Waals surface area contributed by atoms with Gasteiger partial charge < -0.3 is 10.1 Å². The van der Waals surface area contributed by atoms with Crippen LogP contribution >= 0.6 is 0 Å². The van der Waals surface area contributed by atoms with Gasteiger partial charge in [-0.25, -0.2) is 0 Å². The van der Waals surface area contributed by atoms with Crippen LogP contribution in [0.1, 0.15) is 58.1 Å². The van der Waals surface area contributed by atoms with Crippen LogP contribution in [-0.2, 0) is 0 Å². The molecule has 0 radical (unpaired) electrons. The van der Waals surface area contributed by atoms with Gasteiger partial charge in [-0.3, -0.25) is 0 Å². The maximum Gasteiger partial charge on any atom is 0.119 e. The van der Waals surface area contributed by atoms with Crippen LogP contribution in [0.5, 0.6) is 5.75 Å². The predicted octanol–water partition coefficient (Wildman–Crippen LogP) is 4.32. The molecule has 0 bridgehead atoms. The van der Waals surface area contributed by atoms with Gasteiger partial charge in [-0.15, -0.1) is 0 Å². The summed E-state index contributed by atoms with van der Waals surface area (Å²) in [5.74, 6) is 1.000. The first-order valence-electron chi connectivity index (χ1n) is 7.27. The number of rotatable bonds is 9. The Balaban J connectivity index is 2.55. The van der Waals surface area contributed by atoms with Crippen LogP contribution in [0.25, 0.3) is 0 Å². The summed E-state index contributed by atoms with van der Waals surface area (Å²) in [6.07, 6.45) is 4.73. The largest absolute Gasteiger partial charge is 0.494 e. The van der Waals surface area contributed by atoms with Crippen molar-refractivity contribution in [1.29, 1.82) is 0 Å². The van der Waals surface area contributed by atoms with Crippen molar-refractivity contribution >= 4 is 0 Å². The molecule has 0 heterocycles. The summed E-state index contributed by atoms with van der Waals surface area (Å²) in [4.78, 5) is 0. The van der Waals surface area contributed by atoms with Gasteiger partial charge in [0, 0.05) is 6.04 Å². The lowest BCUT2D eigenvalue weighted by molar-refractivity contribution is 0.305. The van der Waals surface area contributed by atoms with E-state index in [9.17, 15) is 0 Å². The quantitative estimate of drug-likeness (QED) is 0.658. The number of hydrogen-bond donors (Lipinski definition) is 1. The molecule has 1 rings (SSSR count). The Hall–Kier alpha value is -1.02. The van der Waals surface area contributed by atoms with Gasteiger partial charge in [-0.2, -0.15) is 0 Å². The molecule has 0 aromatic heterocycles. The highest BCUT2D eigenvalue weighted by atomic mass is 16.5. The average Bonchev–Trinajstić information content (AvgIpc) is 2.41. The van der Waals surface area contributed by atoms with Gasteiger partial charge in [0.2, 0.25) is 0 Å². The molecule has 0 amide bonds. The van der Waals surface area contributed by atoms with Gasteiger partial charge in [0.1, 0.15) is 5.75 Å². The highest BCUT2D eigenvalue weighted by molar-refractivity contribution is 5.30. The SMILES string of the molecule is CCCCCOc1cccc(C(CC)NCC)c1. The predicted molar refractivity (Wildman–Crippen MR) is 78.2 cm³/mol. The first-order valence-corrected chi connectivity index (χ1v) is 7.27. The van der Waals surface area contributed by atoms with Crippen LogP contribution < -0.4 is 10.1 Å². The zero-order valence-electron chi connectivity index (χ0n) is 12.0. The maximum absolute atomic E-state index is 5.79. The number of hydrogen-bond acceptors (Lipinski definition) is 2. The molecule has 0 spiro atoms. The molecule has 0 saturated carbocycles. The van der Waals surface area contributed by atoms with Gasteiger partial charge in [-0.05, 0) is 37.1 Å². The minimum absolute atomic E-state index is 0.439. The first kappa shape index (κ1) is 15.0. The molecule has 1 aromatic rings. The molecular weight excluding hydrogens is 222 g/mol. The van der Waals surface area contributed by atoms with Crippen molar-refractivity contribution in [3.05, 3.63) is 29.8 Å². The fourth-order valence-corrected chi connectivity index (χ4v) is 2.11. The molecule has 102 valence electrons. The van der Waals surface area contributed by atoms with Crippen LogP contribution in [0, 0.1) is 0 Å². The van der Waals surface area contributed by atoms with Gasteiger partial charge in [-0.1, -0.05) is 45.7 Å². The van der Waals surface area contributed by atoms with Crippen molar-refractivity contribution in [3.63, 3.8) is 0 Å². The Morgan fingerprint density at radius 3 is 2.67 bits per heavy atom. The monoisotopic (exact) mass is 249 g/mol. The molecule has 0 fully saturated rings. The third-order valence-corrected chi connectivity index (χ3v) is 3.14. The average molecular weight is 249 g/mol. The molecule has 18 heavy (non-hydrogen) atoms. The van der Waals surface area contributed by atoms with E-state index in [0.29, 0.717) is 6.04 Å². The molecule has 2 nitrogen and oxygen atoms in total. The van der Waals surface area contributed by atoms with Crippen LogP contribution in [0.2, 0.25) is 0 Å². The van der Waals surface area contributed by atoms with Gasteiger partial charge in [0.25, 0.3) is 0 Å². The fraction of sp³-hybridized carbons (Fsp3) is 0.625. The summed E-state index contributed by atoms with van der Waals surface area (Å²) in [6, 6.07) is 8.92. The van der Waals surface area contributed by atoms with E-state index < -0.39 is 0 Å². The number of nitrogens with one attached hydrogen (secondary N) is 1. The second-order valence-electron chi connectivity index (χ2n) is 4.65. The Kier molecular flexibility index (Phi) is 7.51. The number of benzene rings is 1. The van der Waals surface area contributed by atoms with Crippen molar-refractivity contribution in [1.82, 2.24) is 5.32 Å². The first-order chi connectivity index (χ1) is 8.81. The second-order valence-corrected chi connectivity index (χ2v) is 4.65. The summed E-state index contributed by atoms with van der Waals surface area (Å²) < 4.78 is 5.79. The third-order valence-electron chi connectivity index (χ3n) is 3.14. The van der Waals surface area contributed by atoms with Crippen LogP contribution in [-0.4, -0.2) is 13.2 Å². The lowest BCUT2D eigenvalue weighted by atomic mass is 10.0. The zero-order valence-corrected chi connectivity index (χ0v) is 12.0. The lowest BCUT2D eigenvalue weighted by Crippen LogP contribution is -2.20. The number of unbranched alkanes of at least 4 members (excludes halogenated alkanes) is 2. The lowest BCUT2D eigenvalue weighted by Gasteiger charge is -2.17. The van der Waals surface area contributed by atoms with E-state index in [2.05, 4.69) is 44.3 Å². The minimum atomic E-state index is 0.439. The van der Waals surface area contributed by atoms with Crippen molar-refractivity contribution in [3.8, 4) is 5.75 Å². The summed E-state index contributed by atoms with van der Waals surface area (Å²) in [5.41, 5.74) is 1.33. The van der Waals surface area contributed by atoms with Gasteiger partial charge >= 0.3 is 0 Å². The molecule has 1 N–H and O–H groups in total. The van der Waals surface area contributed by atoms with E-state index in [1.807, 2.05) is 6.07 Å². The van der Waals surface area contributed by atoms with Crippen LogP contribution in [0.3, 0.4) is 0 Å². The number of ether oxygens (including phenoxy) is 1. The smallest absolute Gasteiger partial charge is 0.119 e. The molecule has 0 aliphatic carbocycles. The second kappa shape index (κ2) is 8.98. The van der Waals surface area contributed by atoms with Crippen molar-refractivity contribution in [2.75, 3.05) is 13.2 Å². The Morgan fingerprint density at radius 1 is 1.17 bits per heavy atom. The van der Waals surface area contributed by atoms with Crippen LogP contribution in [0.4, 0.5) is 0 Å². The molecule has 1 aromatic carbocycles. The van der Waals surface area contributed by atoms with Crippen molar-refractivity contribution < 1.29 is 4.74 Å². The van der Waals surface area contributed by atoms with E-state index in [1.54, 1.807) is 0 Å². The Labute approximate surface area is 112 Å².